The summed E-state index contributed by atoms with van der Waals surface area (Å²) >= 11 is 1.62. The van der Waals surface area contributed by atoms with Crippen molar-refractivity contribution in [2.75, 3.05) is 19.8 Å². The highest BCUT2D eigenvalue weighted by molar-refractivity contribution is 8.00. The molecule has 3 nitrogen and oxygen atoms in total. The first-order valence-corrected chi connectivity index (χ1v) is 10.7. The van der Waals surface area contributed by atoms with E-state index in [9.17, 15) is 9.18 Å². The van der Waals surface area contributed by atoms with Gasteiger partial charge in [-0.1, -0.05) is 29.8 Å². The molecule has 4 rings (SSSR count). The van der Waals surface area contributed by atoms with Crippen LogP contribution in [-0.2, 0) is 11.3 Å². The summed E-state index contributed by atoms with van der Waals surface area (Å²) in [6.07, 6.45) is 0. The number of aryl methyl sites for hydroxylation is 2. The van der Waals surface area contributed by atoms with Gasteiger partial charge >= 0.3 is 0 Å². The van der Waals surface area contributed by atoms with E-state index in [1.165, 1.54) is 0 Å². The fraction of sp³-hybridized carbons (Fsp3) is 0.348. The van der Waals surface area contributed by atoms with Crippen LogP contribution in [0.15, 0.2) is 47.4 Å². The summed E-state index contributed by atoms with van der Waals surface area (Å²) in [5, 5.41) is 0.755. The zero-order valence-corrected chi connectivity index (χ0v) is 17.4. The molecule has 28 heavy (non-hydrogen) atoms. The average Bonchev–Trinajstić information content (AvgIpc) is 3.02. The number of amides is 1. The second kappa shape index (κ2) is 7.63. The maximum absolute atomic E-state index is 13.5. The van der Waals surface area contributed by atoms with Crippen molar-refractivity contribution in [3.05, 3.63) is 53.6 Å². The van der Waals surface area contributed by atoms with Crippen LogP contribution in [0.2, 0.25) is 0 Å². The Labute approximate surface area is 169 Å². The maximum Gasteiger partial charge on any atom is 0.240 e. The summed E-state index contributed by atoms with van der Waals surface area (Å²) in [6.45, 7) is 7.31. The molecule has 0 N–H and O–H groups in total. The molecule has 1 amide bonds. The lowest BCUT2D eigenvalue weighted by atomic mass is 9.99. The first kappa shape index (κ1) is 19.1. The van der Waals surface area contributed by atoms with Crippen LogP contribution in [0.5, 0.6) is 0 Å². The SMILES string of the molecule is CCN(CC)C(=O)C1Sc2ccccc2-c2c1c1cc(C)ccc1n2CCF. The van der Waals surface area contributed by atoms with Crippen molar-refractivity contribution < 1.29 is 9.18 Å². The summed E-state index contributed by atoms with van der Waals surface area (Å²) in [5.41, 5.74) is 5.27. The van der Waals surface area contributed by atoms with E-state index in [1.54, 1.807) is 11.8 Å². The molecule has 1 aliphatic heterocycles. The van der Waals surface area contributed by atoms with E-state index >= 15 is 0 Å². The number of likely N-dealkylation sites (N-methyl/N-ethyl adjacent to an activating group) is 1. The number of benzene rings is 2. The maximum atomic E-state index is 13.5. The number of fused-ring (bicyclic) bond motifs is 5. The lowest BCUT2D eigenvalue weighted by Crippen LogP contribution is -2.34. The minimum Gasteiger partial charge on any atom is -0.342 e. The summed E-state index contributed by atoms with van der Waals surface area (Å²) in [6, 6.07) is 14.4. The number of rotatable bonds is 5. The Morgan fingerprint density at radius 1 is 1.18 bits per heavy atom. The van der Waals surface area contributed by atoms with Crippen molar-refractivity contribution in [3.63, 3.8) is 0 Å². The Balaban J connectivity index is 2.04. The zero-order valence-electron chi connectivity index (χ0n) is 16.5. The van der Waals surface area contributed by atoms with E-state index in [0.29, 0.717) is 19.6 Å². The minimum atomic E-state index is -0.436. The van der Waals surface area contributed by atoms with Crippen LogP contribution >= 0.6 is 11.8 Å². The van der Waals surface area contributed by atoms with Gasteiger partial charge in [-0.2, -0.15) is 0 Å². The summed E-state index contributed by atoms with van der Waals surface area (Å²) in [5.74, 6) is 0.131. The Kier molecular flexibility index (Phi) is 5.19. The van der Waals surface area contributed by atoms with E-state index < -0.39 is 6.67 Å². The van der Waals surface area contributed by atoms with Gasteiger partial charge in [0.1, 0.15) is 11.9 Å². The van der Waals surface area contributed by atoms with Gasteiger partial charge in [0.25, 0.3) is 0 Å². The Hall–Kier alpha value is -2.27. The summed E-state index contributed by atoms with van der Waals surface area (Å²) in [4.78, 5) is 16.4. The van der Waals surface area contributed by atoms with Gasteiger partial charge in [0, 0.05) is 40.0 Å². The van der Waals surface area contributed by atoms with Crippen molar-refractivity contribution in [2.45, 2.75) is 37.5 Å². The third-order valence-corrected chi connectivity index (χ3v) is 6.80. The van der Waals surface area contributed by atoms with Gasteiger partial charge in [0.2, 0.25) is 5.91 Å². The molecule has 5 heteroatoms. The number of hydrogen-bond donors (Lipinski definition) is 0. The van der Waals surface area contributed by atoms with Gasteiger partial charge in [0.05, 0.1) is 12.2 Å². The van der Waals surface area contributed by atoms with E-state index in [0.717, 1.165) is 38.2 Å². The van der Waals surface area contributed by atoms with Crippen LogP contribution in [0.4, 0.5) is 4.39 Å². The standard InChI is InChI=1S/C23H25FN2OS/c1-4-25(5-2)23(27)22-20-17-14-15(3)10-11-18(17)26(13-12-24)21(20)16-8-6-7-9-19(16)28-22/h6-11,14,22H,4-5,12-13H2,1-3H3. The van der Waals surface area contributed by atoms with Crippen LogP contribution in [0.1, 0.15) is 30.2 Å². The van der Waals surface area contributed by atoms with Crippen LogP contribution in [0.25, 0.3) is 22.2 Å². The van der Waals surface area contributed by atoms with Crippen molar-refractivity contribution in [2.24, 2.45) is 0 Å². The van der Waals surface area contributed by atoms with E-state index in [-0.39, 0.29) is 11.2 Å². The predicted molar refractivity (Wildman–Crippen MR) is 115 cm³/mol. The molecular weight excluding hydrogens is 371 g/mol. The topological polar surface area (TPSA) is 25.2 Å². The summed E-state index contributed by atoms with van der Waals surface area (Å²) in [7, 11) is 0. The third-order valence-electron chi connectivity index (χ3n) is 5.51. The van der Waals surface area contributed by atoms with Crippen molar-refractivity contribution in [1.29, 1.82) is 0 Å². The monoisotopic (exact) mass is 396 g/mol. The van der Waals surface area contributed by atoms with Gasteiger partial charge in [-0.3, -0.25) is 4.79 Å². The van der Waals surface area contributed by atoms with Gasteiger partial charge < -0.3 is 9.47 Å². The molecule has 1 atom stereocenters. The quantitative estimate of drug-likeness (QED) is 0.561. The molecule has 1 unspecified atom stereocenters. The Bertz CT molecular complexity index is 1040. The van der Waals surface area contributed by atoms with Gasteiger partial charge in [0.15, 0.2) is 0 Å². The third kappa shape index (κ3) is 2.93. The van der Waals surface area contributed by atoms with E-state index in [4.69, 9.17) is 0 Å². The molecule has 0 spiro atoms. The first-order valence-electron chi connectivity index (χ1n) is 9.84. The first-order chi connectivity index (χ1) is 13.6. The number of carbonyl (C=O) groups is 1. The van der Waals surface area contributed by atoms with Crippen molar-refractivity contribution in [1.82, 2.24) is 9.47 Å². The molecule has 1 aromatic heterocycles. The molecule has 1 aliphatic rings. The largest absolute Gasteiger partial charge is 0.342 e. The molecule has 0 saturated heterocycles. The lowest BCUT2D eigenvalue weighted by Gasteiger charge is -2.29. The number of halogens is 1. The number of aromatic nitrogens is 1. The highest BCUT2D eigenvalue weighted by Gasteiger charge is 2.37. The molecule has 0 radical (unpaired) electrons. The van der Waals surface area contributed by atoms with Crippen LogP contribution < -0.4 is 0 Å². The molecule has 0 fully saturated rings. The normalized spacial score (nSPS) is 15.4. The van der Waals surface area contributed by atoms with Gasteiger partial charge in [-0.25, -0.2) is 4.39 Å². The minimum absolute atomic E-state index is 0.131. The van der Waals surface area contributed by atoms with Crippen LogP contribution in [-0.4, -0.2) is 35.1 Å². The Morgan fingerprint density at radius 3 is 2.64 bits per heavy atom. The number of nitrogens with zero attached hydrogens (tertiary/aromatic N) is 2. The molecule has 2 aromatic carbocycles. The average molecular weight is 397 g/mol. The second-order valence-electron chi connectivity index (χ2n) is 7.13. The second-order valence-corrected chi connectivity index (χ2v) is 8.28. The predicted octanol–water partition coefficient (Wildman–Crippen LogP) is 5.60. The Morgan fingerprint density at radius 2 is 1.93 bits per heavy atom. The fourth-order valence-electron chi connectivity index (χ4n) is 4.19. The zero-order chi connectivity index (χ0) is 19.8. The molecule has 3 aromatic rings. The molecule has 2 heterocycles. The van der Waals surface area contributed by atoms with Crippen LogP contribution in [0, 0.1) is 6.92 Å². The lowest BCUT2D eigenvalue weighted by molar-refractivity contribution is -0.130. The smallest absolute Gasteiger partial charge is 0.240 e. The number of thioether (sulfide) groups is 1. The molecule has 0 bridgehead atoms. The van der Waals surface area contributed by atoms with Crippen molar-refractivity contribution >= 4 is 28.6 Å². The summed E-state index contributed by atoms with van der Waals surface area (Å²) < 4.78 is 15.6. The fourth-order valence-corrected chi connectivity index (χ4v) is 5.50. The molecular formula is C23H25FN2OS. The highest BCUT2D eigenvalue weighted by Crippen LogP contribution is 2.53. The van der Waals surface area contributed by atoms with Gasteiger partial charge in [-0.15, -0.1) is 11.8 Å². The van der Waals surface area contributed by atoms with Crippen molar-refractivity contribution in [3.8, 4) is 11.3 Å². The van der Waals surface area contributed by atoms with Crippen LogP contribution in [0.3, 0.4) is 0 Å². The molecule has 0 aliphatic carbocycles. The highest BCUT2D eigenvalue weighted by atomic mass is 32.2. The number of carbonyl (C=O) groups excluding carboxylic acids is 1. The molecule has 146 valence electrons. The number of alkyl halides is 1. The molecule has 0 saturated carbocycles. The number of hydrogen-bond acceptors (Lipinski definition) is 2. The van der Waals surface area contributed by atoms with E-state index in [1.807, 2.05) is 30.9 Å². The van der Waals surface area contributed by atoms with Gasteiger partial charge in [-0.05, 0) is 39.0 Å². The van der Waals surface area contributed by atoms with E-state index in [2.05, 4.69) is 41.8 Å².